The zero-order valence-electron chi connectivity index (χ0n) is 13.8. The van der Waals surface area contributed by atoms with E-state index in [1.54, 1.807) is 30.3 Å². The molecule has 0 saturated heterocycles. The van der Waals surface area contributed by atoms with E-state index in [-0.39, 0.29) is 5.69 Å². The predicted molar refractivity (Wildman–Crippen MR) is 101 cm³/mol. The SMILES string of the molecule is Cc1ccc(Nc2cc(C(=O)Nc3ccccc3C#N)ncn2)cc1Cl. The van der Waals surface area contributed by atoms with E-state index in [0.717, 1.165) is 11.3 Å². The lowest BCUT2D eigenvalue weighted by molar-refractivity contribution is 0.102. The third-order valence-electron chi connectivity index (χ3n) is 3.64. The molecular weight excluding hydrogens is 350 g/mol. The van der Waals surface area contributed by atoms with E-state index < -0.39 is 5.91 Å². The molecule has 128 valence electrons. The summed E-state index contributed by atoms with van der Waals surface area (Å²) in [5.41, 5.74) is 2.70. The van der Waals surface area contributed by atoms with Gasteiger partial charge in [-0.3, -0.25) is 4.79 Å². The molecule has 0 saturated carbocycles. The highest BCUT2D eigenvalue weighted by molar-refractivity contribution is 6.31. The van der Waals surface area contributed by atoms with Crippen LogP contribution in [0.5, 0.6) is 0 Å². The Hall–Kier alpha value is -3.43. The van der Waals surface area contributed by atoms with Crippen molar-refractivity contribution < 1.29 is 4.79 Å². The molecule has 3 aromatic rings. The van der Waals surface area contributed by atoms with Crippen molar-refractivity contribution in [2.75, 3.05) is 10.6 Å². The molecule has 0 aliphatic carbocycles. The van der Waals surface area contributed by atoms with Crippen LogP contribution in [0.2, 0.25) is 5.02 Å². The third kappa shape index (κ3) is 3.97. The lowest BCUT2D eigenvalue weighted by Crippen LogP contribution is -2.15. The van der Waals surface area contributed by atoms with E-state index in [9.17, 15) is 4.79 Å². The second-order valence-electron chi connectivity index (χ2n) is 5.49. The largest absolute Gasteiger partial charge is 0.340 e. The van der Waals surface area contributed by atoms with E-state index in [4.69, 9.17) is 16.9 Å². The first-order valence-electron chi connectivity index (χ1n) is 7.72. The average molecular weight is 364 g/mol. The van der Waals surface area contributed by atoms with Crippen LogP contribution >= 0.6 is 11.6 Å². The van der Waals surface area contributed by atoms with Gasteiger partial charge in [-0.2, -0.15) is 5.26 Å². The van der Waals surface area contributed by atoms with E-state index >= 15 is 0 Å². The lowest BCUT2D eigenvalue weighted by Gasteiger charge is -2.09. The van der Waals surface area contributed by atoms with Crippen molar-refractivity contribution in [3.8, 4) is 6.07 Å². The Kier molecular flexibility index (Phi) is 5.11. The third-order valence-corrected chi connectivity index (χ3v) is 4.05. The summed E-state index contributed by atoms with van der Waals surface area (Å²) in [6.07, 6.45) is 1.29. The van der Waals surface area contributed by atoms with Crippen LogP contribution in [-0.2, 0) is 0 Å². The van der Waals surface area contributed by atoms with Gasteiger partial charge in [0.1, 0.15) is 23.9 Å². The molecule has 0 unspecified atom stereocenters. The van der Waals surface area contributed by atoms with Crippen molar-refractivity contribution in [3.63, 3.8) is 0 Å². The van der Waals surface area contributed by atoms with Gasteiger partial charge in [0.05, 0.1) is 11.3 Å². The normalized spacial score (nSPS) is 10.0. The van der Waals surface area contributed by atoms with Crippen LogP contribution in [0.3, 0.4) is 0 Å². The summed E-state index contributed by atoms with van der Waals surface area (Å²) >= 11 is 6.12. The molecule has 0 aliphatic heterocycles. The number of aryl methyl sites for hydroxylation is 1. The van der Waals surface area contributed by atoms with Crippen LogP contribution in [0, 0.1) is 18.3 Å². The number of carbonyl (C=O) groups excluding carboxylic acids is 1. The number of rotatable bonds is 4. The van der Waals surface area contributed by atoms with Gasteiger partial charge in [-0.25, -0.2) is 9.97 Å². The molecule has 0 bridgehead atoms. The topological polar surface area (TPSA) is 90.7 Å². The molecule has 0 atom stereocenters. The van der Waals surface area contributed by atoms with Gasteiger partial charge in [0.15, 0.2) is 0 Å². The van der Waals surface area contributed by atoms with Gasteiger partial charge in [-0.15, -0.1) is 0 Å². The molecule has 2 aromatic carbocycles. The minimum atomic E-state index is -0.430. The number of amides is 1. The molecule has 7 heteroatoms. The molecule has 1 aromatic heterocycles. The molecule has 0 fully saturated rings. The predicted octanol–water partition coefficient (Wildman–Crippen LogP) is 4.31. The zero-order chi connectivity index (χ0) is 18.5. The summed E-state index contributed by atoms with van der Waals surface area (Å²) in [6.45, 7) is 1.92. The van der Waals surface area contributed by atoms with Gasteiger partial charge in [-0.05, 0) is 36.8 Å². The molecule has 1 heterocycles. The molecular formula is C19H14ClN5O. The summed E-state index contributed by atoms with van der Waals surface area (Å²) in [4.78, 5) is 20.5. The Labute approximate surface area is 155 Å². The van der Waals surface area contributed by atoms with Crippen LogP contribution in [0.25, 0.3) is 0 Å². The van der Waals surface area contributed by atoms with Crippen molar-refractivity contribution in [1.82, 2.24) is 9.97 Å². The maximum Gasteiger partial charge on any atom is 0.274 e. The van der Waals surface area contributed by atoms with Crippen LogP contribution in [-0.4, -0.2) is 15.9 Å². The number of aromatic nitrogens is 2. The number of hydrogen-bond donors (Lipinski definition) is 2. The number of anilines is 3. The Morgan fingerprint density at radius 3 is 2.73 bits per heavy atom. The van der Waals surface area contributed by atoms with Crippen molar-refractivity contribution in [3.05, 3.63) is 76.7 Å². The van der Waals surface area contributed by atoms with Gasteiger partial charge >= 0.3 is 0 Å². The minimum absolute atomic E-state index is 0.174. The molecule has 1 amide bonds. The number of para-hydroxylation sites is 1. The van der Waals surface area contributed by atoms with E-state index in [1.165, 1.54) is 12.4 Å². The fraction of sp³-hybridized carbons (Fsp3) is 0.0526. The molecule has 0 aliphatic rings. The molecule has 0 spiro atoms. The van der Waals surface area contributed by atoms with Crippen LogP contribution < -0.4 is 10.6 Å². The number of nitriles is 1. The fourth-order valence-corrected chi connectivity index (χ4v) is 2.42. The fourth-order valence-electron chi connectivity index (χ4n) is 2.24. The highest BCUT2D eigenvalue weighted by Crippen LogP contribution is 2.22. The van der Waals surface area contributed by atoms with Gasteiger partial charge in [0.2, 0.25) is 0 Å². The maximum atomic E-state index is 12.4. The summed E-state index contributed by atoms with van der Waals surface area (Å²) in [7, 11) is 0. The first-order chi connectivity index (χ1) is 12.6. The van der Waals surface area contributed by atoms with Gasteiger partial charge in [0, 0.05) is 16.8 Å². The molecule has 2 N–H and O–H groups in total. The summed E-state index contributed by atoms with van der Waals surface area (Å²) in [5, 5.41) is 15.5. The average Bonchev–Trinajstić information content (AvgIpc) is 2.65. The van der Waals surface area contributed by atoms with E-state index in [1.807, 2.05) is 25.1 Å². The number of hydrogen-bond acceptors (Lipinski definition) is 5. The summed E-state index contributed by atoms with van der Waals surface area (Å²) in [5.74, 6) is 0.0266. The second-order valence-corrected chi connectivity index (χ2v) is 5.90. The van der Waals surface area contributed by atoms with E-state index in [2.05, 4.69) is 20.6 Å². The Morgan fingerprint density at radius 2 is 1.96 bits per heavy atom. The van der Waals surface area contributed by atoms with Crippen molar-refractivity contribution in [2.24, 2.45) is 0 Å². The van der Waals surface area contributed by atoms with E-state index in [0.29, 0.717) is 22.1 Å². The first kappa shape index (κ1) is 17.4. The van der Waals surface area contributed by atoms with Gasteiger partial charge < -0.3 is 10.6 Å². The van der Waals surface area contributed by atoms with Crippen molar-refractivity contribution >= 4 is 34.7 Å². The zero-order valence-corrected chi connectivity index (χ0v) is 14.6. The summed E-state index contributed by atoms with van der Waals surface area (Å²) in [6, 6.07) is 15.9. The molecule has 0 radical (unpaired) electrons. The lowest BCUT2D eigenvalue weighted by atomic mass is 10.2. The van der Waals surface area contributed by atoms with Crippen LogP contribution in [0.15, 0.2) is 54.9 Å². The van der Waals surface area contributed by atoms with Crippen molar-refractivity contribution in [1.29, 1.82) is 5.26 Å². The standard InChI is InChI=1S/C19H14ClN5O/c1-12-6-7-14(8-15(12)20)24-18-9-17(22-11-23-18)19(26)25-16-5-3-2-4-13(16)10-21/h2-9,11H,1H3,(H,25,26)(H,22,23,24). The Morgan fingerprint density at radius 1 is 1.15 bits per heavy atom. The van der Waals surface area contributed by atoms with Crippen molar-refractivity contribution in [2.45, 2.75) is 6.92 Å². The smallest absolute Gasteiger partial charge is 0.274 e. The Balaban J connectivity index is 1.79. The quantitative estimate of drug-likeness (QED) is 0.720. The van der Waals surface area contributed by atoms with Gasteiger partial charge in [0.25, 0.3) is 5.91 Å². The summed E-state index contributed by atoms with van der Waals surface area (Å²) < 4.78 is 0. The number of nitrogens with zero attached hydrogens (tertiary/aromatic N) is 3. The van der Waals surface area contributed by atoms with Gasteiger partial charge in [-0.1, -0.05) is 29.8 Å². The number of nitrogens with one attached hydrogen (secondary N) is 2. The molecule has 26 heavy (non-hydrogen) atoms. The first-order valence-corrected chi connectivity index (χ1v) is 8.10. The number of benzene rings is 2. The highest BCUT2D eigenvalue weighted by atomic mass is 35.5. The Bertz CT molecular complexity index is 1010. The maximum absolute atomic E-state index is 12.4. The second kappa shape index (κ2) is 7.64. The number of carbonyl (C=O) groups is 1. The minimum Gasteiger partial charge on any atom is -0.340 e. The monoisotopic (exact) mass is 363 g/mol. The highest BCUT2D eigenvalue weighted by Gasteiger charge is 2.11. The van der Waals surface area contributed by atoms with Crippen LogP contribution in [0.1, 0.15) is 21.6 Å². The molecule has 6 nitrogen and oxygen atoms in total. The van der Waals surface area contributed by atoms with Crippen LogP contribution in [0.4, 0.5) is 17.2 Å². The number of halogens is 1. The molecule has 3 rings (SSSR count).